The van der Waals surface area contributed by atoms with Crippen LogP contribution in [0.2, 0.25) is 0 Å². The molecule has 6 nitrogen and oxygen atoms in total. The molecular formula is C11H17N5O. The minimum Gasteiger partial charge on any atom is -0.368 e. The molecule has 1 amide bonds. The summed E-state index contributed by atoms with van der Waals surface area (Å²) >= 11 is 0. The van der Waals surface area contributed by atoms with Crippen LogP contribution in [-0.2, 0) is 0 Å². The summed E-state index contributed by atoms with van der Waals surface area (Å²) < 4.78 is 0. The third-order valence-electron chi connectivity index (χ3n) is 2.95. The Labute approximate surface area is 100 Å². The van der Waals surface area contributed by atoms with Crippen LogP contribution in [0.3, 0.4) is 0 Å². The van der Waals surface area contributed by atoms with Gasteiger partial charge in [-0.2, -0.15) is 0 Å². The van der Waals surface area contributed by atoms with Gasteiger partial charge in [-0.3, -0.25) is 4.79 Å². The lowest BCUT2D eigenvalue weighted by Gasteiger charge is -2.23. The molecule has 0 spiro atoms. The fourth-order valence-electron chi connectivity index (χ4n) is 1.97. The van der Waals surface area contributed by atoms with Crippen molar-refractivity contribution in [3.05, 3.63) is 18.1 Å². The van der Waals surface area contributed by atoms with Crippen molar-refractivity contribution in [3.63, 3.8) is 0 Å². The minimum atomic E-state index is -0.550. The van der Waals surface area contributed by atoms with Crippen molar-refractivity contribution in [2.75, 3.05) is 25.0 Å². The van der Waals surface area contributed by atoms with Gasteiger partial charge in [-0.1, -0.05) is 0 Å². The average Bonchev–Trinajstić information content (AvgIpc) is 2.38. The maximum atomic E-state index is 11.1. The number of nitrogens with one attached hydrogen (secondary N) is 2. The molecule has 1 aromatic rings. The molecule has 0 unspecified atom stereocenters. The number of piperidine rings is 1. The number of nitrogens with two attached hydrogens (primary N) is 1. The molecule has 0 saturated carbocycles. The summed E-state index contributed by atoms with van der Waals surface area (Å²) in [6.07, 6.45) is 5.30. The van der Waals surface area contributed by atoms with Gasteiger partial charge in [-0.25, -0.2) is 9.97 Å². The molecule has 4 N–H and O–H groups in total. The lowest BCUT2D eigenvalue weighted by Crippen LogP contribution is -2.31. The molecule has 1 aliphatic rings. The maximum Gasteiger partial charge on any atom is 0.271 e. The van der Waals surface area contributed by atoms with Crippen molar-refractivity contribution in [2.24, 2.45) is 11.7 Å². The lowest BCUT2D eigenvalue weighted by atomic mass is 9.98. The van der Waals surface area contributed by atoms with Crippen LogP contribution in [0, 0.1) is 5.92 Å². The van der Waals surface area contributed by atoms with Crippen molar-refractivity contribution in [1.82, 2.24) is 15.3 Å². The predicted octanol–water partition coefficient (Wildman–Crippen LogP) is -0.0130. The summed E-state index contributed by atoms with van der Waals surface area (Å²) in [5.74, 6) is 0.545. The van der Waals surface area contributed by atoms with Gasteiger partial charge in [-0.05, 0) is 31.8 Å². The summed E-state index contributed by atoms with van der Waals surface area (Å²) in [6.45, 7) is 2.91. The van der Waals surface area contributed by atoms with Crippen LogP contribution < -0.4 is 16.4 Å². The van der Waals surface area contributed by atoms with Crippen LogP contribution >= 0.6 is 0 Å². The first-order valence-corrected chi connectivity index (χ1v) is 5.83. The fourth-order valence-corrected chi connectivity index (χ4v) is 1.97. The van der Waals surface area contributed by atoms with Crippen LogP contribution in [0.25, 0.3) is 0 Å². The van der Waals surface area contributed by atoms with E-state index in [1.165, 1.54) is 6.20 Å². The van der Waals surface area contributed by atoms with E-state index >= 15 is 0 Å². The normalized spacial score (nSPS) is 16.7. The Balaban J connectivity index is 1.96. The molecule has 17 heavy (non-hydrogen) atoms. The number of carbonyl (C=O) groups is 1. The Hall–Kier alpha value is -1.69. The molecule has 1 fully saturated rings. The Kier molecular flexibility index (Phi) is 3.87. The summed E-state index contributed by atoms with van der Waals surface area (Å²) in [4.78, 5) is 19.2. The van der Waals surface area contributed by atoms with Gasteiger partial charge in [0.15, 0.2) is 11.5 Å². The number of anilines is 1. The molecule has 6 heteroatoms. The number of hydrogen-bond donors (Lipinski definition) is 3. The molecule has 92 valence electrons. The predicted molar refractivity (Wildman–Crippen MR) is 64.6 cm³/mol. The smallest absolute Gasteiger partial charge is 0.271 e. The first-order valence-electron chi connectivity index (χ1n) is 5.83. The molecule has 1 saturated heterocycles. The molecule has 0 atom stereocenters. The van der Waals surface area contributed by atoms with Gasteiger partial charge in [0, 0.05) is 18.9 Å². The number of amides is 1. The first-order chi connectivity index (χ1) is 8.27. The fraction of sp³-hybridized carbons (Fsp3) is 0.545. The average molecular weight is 235 g/mol. The van der Waals surface area contributed by atoms with Crippen LogP contribution in [0.5, 0.6) is 0 Å². The van der Waals surface area contributed by atoms with Crippen molar-refractivity contribution >= 4 is 11.7 Å². The number of carbonyl (C=O) groups excluding carboxylic acids is 1. The summed E-state index contributed by atoms with van der Waals surface area (Å²) in [7, 11) is 0. The van der Waals surface area contributed by atoms with Crippen molar-refractivity contribution in [2.45, 2.75) is 12.8 Å². The van der Waals surface area contributed by atoms with Gasteiger partial charge < -0.3 is 16.4 Å². The second-order valence-corrected chi connectivity index (χ2v) is 4.19. The van der Waals surface area contributed by atoms with Gasteiger partial charge in [0.1, 0.15) is 0 Å². The van der Waals surface area contributed by atoms with Crippen molar-refractivity contribution < 1.29 is 4.79 Å². The molecule has 1 aliphatic heterocycles. The second kappa shape index (κ2) is 5.58. The van der Waals surface area contributed by atoms with E-state index in [1.807, 2.05) is 0 Å². The van der Waals surface area contributed by atoms with Gasteiger partial charge in [-0.15, -0.1) is 0 Å². The van der Waals surface area contributed by atoms with E-state index in [4.69, 9.17) is 5.73 Å². The van der Waals surface area contributed by atoms with Crippen molar-refractivity contribution in [3.8, 4) is 0 Å². The number of nitrogens with zero attached hydrogens (tertiary/aromatic N) is 2. The Morgan fingerprint density at radius 2 is 2.12 bits per heavy atom. The number of primary amides is 1. The van der Waals surface area contributed by atoms with Gasteiger partial charge >= 0.3 is 0 Å². The molecule has 1 aromatic heterocycles. The quantitative estimate of drug-likeness (QED) is 0.682. The highest BCUT2D eigenvalue weighted by atomic mass is 16.1. The zero-order chi connectivity index (χ0) is 12.1. The zero-order valence-electron chi connectivity index (χ0n) is 9.65. The SMILES string of the molecule is NC(=O)c1nccnc1NCC1CCNCC1. The van der Waals surface area contributed by atoms with Crippen LogP contribution in [0.15, 0.2) is 12.4 Å². The van der Waals surface area contributed by atoms with Gasteiger partial charge in [0.2, 0.25) is 0 Å². The molecule has 0 aromatic carbocycles. The molecule has 2 rings (SSSR count). The third-order valence-corrected chi connectivity index (χ3v) is 2.95. The van der Waals surface area contributed by atoms with E-state index in [1.54, 1.807) is 6.20 Å². The summed E-state index contributed by atoms with van der Waals surface area (Å²) in [5.41, 5.74) is 5.44. The number of hydrogen-bond acceptors (Lipinski definition) is 5. The topological polar surface area (TPSA) is 92.9 Å². The van der Waals surface area contributed by atoms with Crippen LogP contribution in [0.1, 0.15) is 23.3 Å². The molecule has 0 radical (unpaired) electrons. The van der Waals surface area contributed by atoms with Crippen LogP contribution in [0.4, 0.5) is 5.82 Å². The Morgan fingerprint density at radius 1 is 1.41 bits per heavy atom. The monoisotopic (exact) mass is 235 g/mol. The third kappa shape index (κ3) is 3.13. The minimum absolute atomic E-state index is 0.210. The van der Waals surface area contributed by atoms with Gasteiger partial charge in [0.05, 0.1) is 0 Å². The van der Waals surface area contributed by atoms with E-state index in [0.717, 1.165) is 32.5 Å². The van der Waals surface area contributed by atoms with Crippen molar-refractivity contribution in [1.29, 1.82) is 0 Å². The van der Waals surface area contributed by atoms with Gasteiger partial charge in [0.25, 0.3) is 5.91 Å². The largest absolute Gasteiger partial charge is 0.368 e. The number of rotatable bonds is 4. The maximum absolute atomic E-state index is 11.1. The standard InChI is InChI=1S/C11H17N5O/c12-10(17)9-11(15-6-5-14-9)16-7-8-1-3-13-4-2-8/h5-6,8,13H,1-4,7H2,(H2,12,17)(H,15,16). The Bertz CT molecular complexity index is 389. The Morgan fingerprint density at radius 3 is 2.82 bits per heavy atom. The van der Waals surface area contributed by atoms with E-state index in [0.29, 0.717) is 11.7 Å². The highest BCUT2D eigenvalue weighted by Gasteiger charge is 2.15. The van der Waals surface area contributed by atoms with E-state index in [2.05, 4.69) is 20.6 Å². The number of aromatic nitrogens is 2. The van der Waals surface area contributed by atoms with E-state index in [-0.39, 0.29) is 5.69 Å². The highest BCUT2D eigenvalue weighted by molar-refractivity contribution is 5.95. The van der Waals surface area contributed by atoms with E-state index < -0.39 is 5.91 Å². The lowest BCUT2D eigenvalue weighted by molar-refractivity contribution is 0.0996. The summed E-state index contributed by atoms with van der Waals surface area (Å²) in [6, 6.07) is 0. The zero-order valence-corrected chi connectivity index (χ0v) is 9.65. The summed E-state index contributed by atoms with van der Waals surface area (Å²) in [5, 5.41) is 6.47. The van der Waals surface area contributed by atoms with E-state index in [9.17, 15) is 4.79 Å². The second-order valence-electron chi connectivity index (χ2n) is 4.19. The molecule has 2 heterocycles. The first kappa shape index (κ1) is 11.8. The molecular weight excluding hydrogens is 218 g/mol. The molecule has 0 bridgehead atoms. The highest BCUT2D eigenvalue weighted by Crippen LogP contribution is 2.14. The molecule has 0 aliphatic carbocycles. The van der Waals surface area contributed by atoms with Crippen LogP contribution in [-0.4, -0.2) is 35.5 Å².